The Morgan fingerprint density at radius 1 is 0.485 bits per heavy atom. The van der Waals surface area contributed by atoms with E-state index in [4.69, 9.17) is 0 Å². The molecule has 0 amide bonds. The largest absolute Gasteiger partial charge is 0.354 e. The van der Waals surface area contributed by atoms with Crippen molar-refractivity contribution in [1.82, 2.24) is 9.55 Å². The lowest BCUT2D eigenvalue weighted by Crippen LogP contribution is -2.17. The SMILES string of the molecule is c1ccc(N2c3ccccc3-n3c4cc5c(cc4c4cccc2c43)[nH]c2ccccc25)cc1. The van der Waals surface area contributed by atoms with Crippen molar-refractivity contribution in [2.45, 2.75) is 0 Å². The number of anilines is 3. The Labute approximate surface area is 190 Å². The summed E-state index contributed by atoms with van der Waals surface area (Å²) in [6, 6.07) is 39.3. The van der Waals surface area contributed by atoms with E-state index < -0.39 is 0 Å². The van der Waals surface area contributed by atoms with Gasteiger partial charge in [0.1, 0.15) is 0 Å². The van der Waals surface area contributed by atoms with E-state index in [-0.39, 0.29) is 0 Å². The molecule has 7 aromatic rings. The van der Waals surface area contributed by atoms with E-state index in [0.29, 0.717) is 0 Å². The number of hydrogen-bond donors (Lipinski definition) is 1. The molecule has 0 atom stereocenters. The predicted molar refractivity (Wildman–Crippen MR) is 138 cm³/mol. The summed E-state index contributed by atoms with van der Waals surface area (Å²) in [6.07, 6.45) is 0. The van der Waals surface area contributed by atoms with E-state index >= 15 is 0 Å². The van der Waals surface area contributed by atoms with E-state index in [0.717, 1.165) is 0 Å². The Hall–Kier alpha value is -4.50. The van der Waals surface area contributed by atoms with Crippen LogP contribution in [-0.2, 0) is 0 Å². The van der Waals surface area contributed by atoms with Crippen LogP contribution < -0.4 is 4.90 Å². The first-order chi connectivity index (χ1) is 16.4. The number of para-hydroxylation sites is 5. The summed E-state index contributed by atoms with van der Waals surface area (Å²) in [7, 11) is 0. The third kappa shape index (κ3) is 2.14. The molecule has 154 valence electrons. The topological polar surface area (TPSA) is 24.0 Å². The maximum atomic E-state index is 3.63. The van der Waals surface area contributed by atoms with E-state index in [2.05, 4.69) is 124 Å². The van der Waals surface area contributed by atoms with E-state index in [1.54, 1.807) is 0 Å². The Morgan fingerprint density at radius 2 is 1.21 bits per heavy atom. The molecule has 0 bridgehead atoms. The summed E-state index contributed by atoms with van der Waals surface area (Å²) in [5.41, 5.74) is 9.65. The van der Waals surface area contributed by atoms with Crippen LogP contribution in [0.5, 0.6) is 0 Å². The van der Waals surface area contributed by atoms with Gasteiger partial charge in [0, 0.05) is 38.3 Å². The third-order valence-corrected chi connectivity index (χ3v) is 7.01. The molecule has 1 N–H and O–H groups in total. The van der Waals surface area contributed by atoms with Gasteiger partial charge in [-0.3, -0.25) is 0 Å². The van der Waals surface area contributed by atoms with E-state index in [9.17, 15) is 0 Å². The van der Waals surface area contributed by atoms with Crippen LogP contribution in [0.1, 0.15) is 0 Å². The molecule has 1 aliphatic heterocycles. The smallest absolute Gasteiger partial charge is 0.0783 e. The molecule has 0 unspecified atom stereocenters. The molecule has 0 fully saturated rings. The zero-order valence-electron chi connectivity index (χ0n) is 17.8. The van der Waals surface area contributed by atoms with Crippen molar-refractivity contribution in [1.29, 1.82) is 0 Å². The van der Waals surface area contributed by atoms with Gasteiger partial charge in [-0.2, -0.15) is 0 Å². The average Bonchev–Trinajstić information content (AvgIpc) is 3.40. The lowest BCUT2D eigenvalue weighted by atomic mass is 10.1. The Bertz CT molecular complexity index is 1870. The van der Waals surface area contributed by atoms with Crippen LogP contribution >= 0.6 is 0 Å². The van der Waals surface area contributed by atoms with Crippen molar-refractivity contribution in [3.63, 3.8) is 0 Å². The summed E-state index contributed by atoms with van der Waals surface area (Å²) < 4.78 is 2.45. The molecule has 1 aliphatic rings. The highest BCUT2D eigenvalue weighted by atomic mass is 15.2. The molecular formula is C30H19N3. The predicted octanol–water partition coefficient (Wildman–Crippen LogP) is 8.20. The van der Waals surface area contributed by atoms with Gasteiger partial charge in [0.2, 0.25) is 0 Å². The normalized spacial score (nSPS) is 12.8. The van der Waals surface area contributed by atoms with Crippen LogP contribution in [0, 0.1) is 0 Å². The molecule has 3 heterocycles. The van der Waals surface area contributed by atoms with Crippen molar-refractivity contribution in [2.75, 3.05) is 4.90 Å². The molecule has 3 heteroatoms. The van der Waals surface area contributed by atoms with Gasteiger partial charge in [-0.1, -0.05) is 60.7 Å². The fourth-order valence-electron chi connectivity index (χ4n) is 5.65. The second-order valence-electron chi connectivity index (χ2n) is 8.75. The number of nitrogens with one attached hydrogen (secondary N) is 1. The highest BCUT2D eigenvalue weighted by molar-refractivity contribution is 6.21. The maximum absolute atomic E-state index is 3.63. The molecule has 5 aromatic carbocycles. The van der Waals surface area contributed by atoms with Crippen LogP contribution in [0.3, 0.4) is 0 Å². The molecule has 0 aliphatic carbocycles. The molecule has 0 saturated heterocycles. The Kier molecular flexibility index (Phi) is 3.14. The summed E-state index contributed by atoms with van der Waals surface area (Å²) >= 11 is 0. The summed E-state index contributed by atoms with van der Waals surface area (Å²) in [5.74, 6) is 0. The molecule has 0 spiro atoms. The molecule has 3 nitrogen and oxygen atoms in total. The number of hydrogen-bond acceptors (Lipinski definition) is 1. The zero-order chi connectivity index (χ0) is 21.5. The first-order valence-electron chi connectivity index (χ1n) is 11.3. The van der Waals surface area contributed by atoms with E-state index in [1.807, 2.05) is 0 Å². The number of benzene rings is 5. The lowest BCUT2D eigenvalue weighted by Gasteiger charge is -2.33. The minimum atomic E-state index is 1.17. The number of aromatic nitrogens is 2. The first-order valence-corrected chi connectivity index (χ1v) is 11.3. The maximum Gasteiger partial charge on any atom is 0.0783 e. The van der Waals surface area contributed by atoms with Gasteiger partial charge < -0.3 is 14.5 Å². The first kappa shape index (κ1) is 17.1. The van der Waals surface area contributed by atoms with Crippen LogP contribution in [0.25, 0.3) is 49.3 Å². The standard InChI is InChI=1S/C30H19N3/c1-2-9-19(10-3-1)32-26-14-6-7-15-27(26)33-29-18-22-20-11-4-5-13-24(20)31-25(22)17-23(29)21-12-8-16-28(32)30(21)33/h1-18,31H. The lowest BCUT2D eigenvalue weighted by molar-refractivity contribution is 1.11. The third-order valence-electron chi connectivity index (χ3n) is 7.01. The summed E-state index contributed by atoms with van der Waals surface area (Å²) in [5, 5.41) is 5.08. The minimum absolute atomic E-state index is 1.17. The zero-order valence-corrected chi connectivity index (χ0v) is 17.8. The quantitative estimate of drug-likeness (QED) is 0.284. The molecule has 0 saturated carbocycles. The van der Waals surface area contributed by atoms with Gasteiger partial charge in [0.25, 0.3) is 0 Å². The van der Waals surface area contributed by atoms with Crippen LogP contribution in [-0.4, -0.2) is 9.55 Å². The highest BCUT2D eigenvalue weighted by Crippen LogP contribution is 2.49. The van der Waals surface area contributed by atoms with Gasteiger partial charge in [-0.05, 0) is 48.5 Å². The number of aromatic amines is 1. The van der Waals surface area contributed by atoms with Crippen molar-refractivity contribution >= 4 is 60.7 Å². The van der Waals surface area contributed by atoms with Crippen molar-refractivity contribution in [2.24, 2.45) is 0 Å². The second kappa shape index (κ2) is 6.05. The molecule has 33 heavy (non-hydrogen) atoms. The second-order valence-corrected chi connectivity index (χ2v) is 8.75. The van der Waals surface area contributed by atoms with Crippen molar-refractivity contribution < 1.29 is 0 Å². The van der Waals surface area contributed by atoms with Crippen molar-refractivity contribution in [3.8, 4) is 5.69 Å². The number of fused-ring (bicyclic) bond motifs is 8. The fraction of sp³-hybridized carbons (Fsp3) is 0. The molecular weight excluding hydrogens is 402 g/mol. The number of H-pyrrole nitrogens is 1. The summed E-state index contributed by atoms with van der Waals surface area (Å²) in [4.78, 5) is 6.01. The fourth-order valence-corrected chi connectivity index (χ4v) is 5.65. The van der Waals surface area contributed by atoms with Crippen LogP contribution in [0.2, 0.25) is 0 Å². The Morgan fingerprint density at radius 3 is 2.12 bits per heavy atom. The monoisotopic (exact) mass is 421 g/mol. The molecule has 2 aromatic heterocycles. The van der Waals surface area contributed by atoms with Crippen LogP contribution in [0.4, 0.5) is 17.1 Å². The van der Waals surface area contributed by atoms with Gasteiger partial charge in [-0.25, -0.2) is 0 Å². The van der Waals surface area contributed by atoms with Gasteiger partial charge >= 0.3 is 0 Å². The average molecular weight is 422 g/mol. The van der Waals surface area contributed by atoms with Crippen LogP contribution in [0.15, 0.2) is 109 Å². The Balaban J connectivity index is 1.58. The number of nitrogens with zero attached hydrogens (tertiary/aromatic N) is 2. The van der Waals surface area contributed by atoms with Gasteiger partial charge in [-0.15, -0.1) is 0 Å². The number of rotatable bonds is 1. The molecule has 0 radical (unpaired) electrons. The van der Waals surface area contributed by atoms with E-state index in [1.165, 1.54) is 66.4 Å². The molecule has 8 rings (SSSR count). The van der Waals surface area contributed by atoms with Crippen molar-refractivity contribution in [3.05, 3.63) is 109 Å². The van der Waals surface area contributed by atoms with Gasteiger partial charge in [0.05, 0.1) is 28.1 Å². The highest BCUT2D eigenvalue weighted by Gasteiger charge is 2.28. The van der Waals surface area contributed by atoms with Gasteiger partial charge in [0.15, 0.2) is 0 Å². The summed E-state index contributed by atoms with van der Waals surface area (Å²) in [6.45, 7) is 0. The minimum Gasteiger partial charge on any atom is -0.354 e.